The van der Waals surface area contributed by atoms with Crippen LogP contribution < -0.4 is 5.32 Å². The second-order valence-electron chi connectivity index (χ2n) is 5.49. The lowest BCUT2D eigenvalue weighted by Gasteiger charge is -2.09. The van der Waals surface area contributed by atoms with Gasteiger partial charge < -0.3 is 5.32 Å². The second kappa shape index (κ2) is 6.01. The van der Waals surface area contributed by atoms with E-state index in [1.807, 2.05) is 0 Å². The van der Waals surface area contributed by atoms with Crippen molar-refractivity contribution in [3.8, 4) is 10.6 Å². The summed E-state index contributed by atoms with van der Waals surface area (Å²) in [7, 11) is -3.05. The number of halogens is 1. The Morgan fingerprint density at radius 2 is 2.13 bits per heavy atom. The van der Waals surface area contributed by atoms with E-state index in [-0.39, 0.29) is 23.5 Å². The van der Waals surface area contributed by atoms with E-state index in [1.165, 1.54) is 6.07 Å². The van der Waals surface area contributed by atoms with Crippen molar-refractivity contribution >= 4 is 27.1 Å². The van der Waals surface area contributed by atoms with Crippen LogP contribution in [0.5, 0.6) is 0 Å². The van der Waals surface area contributed by atoms with Crippen LogP contribution in [0.15, 0.2) is 24.3 Å². The van der Waals surface area contributed by atoms with E-state index in [2.05, 4.69) is 10.3 Å². The maximum atomic E-state index is 13.8. The average Bonchev–Trinajstić information content (AvgIpc) is 3.02. The van der Waals surface area contributed by atoms with Gasteiger partial charge in [0.15, 0.2) is 9.84 Å². The molecule has 1 aromatic carbocycles. The normalized spacial score (nSPS) is 19.7. The molecule has 1 saturated heterocycles. The third-order valence-corrected chi connectivity index (χ3v) is 6.63. The summed E-state index contributed by atoms with van der Waals surface area (Å²) in [6.45, 7) is 1.68. The van der Waals surface area contributed by atoms with Gasteiger partial charge in [0.2, 0.25) is 0 Å². The quantitative estimate of drug-likeness (QED) is 0.917. The molecular formula is C15H15FN2O3S2. The third kappa shape index (κ3) is 3.42. The predicted molar refractivity (Wildman–Crippen MR) is 86.8 cm³/mol. The Labute approximate surface area is 137 Å². The Hall–Kier alpha value is -1.80. The van der Waals surface area contributed by atoms with Crippen molar-refractivity contribution < 1.29 is 17.6 Å². The number of rotatable bonds is 3. The first kappa shape index (κ1) is 16.1. The van der Waals surface area contributed by atoms with Gasteiger partial charge in [0.25, 0.3) is 5.91 Å². The first-order valence-electron chi connectivity index (χ1n) is 7.09. The summed E-state index contributed by atoms with van der Waals surface area (Å²) in [5.41, 5.74) is 0.856. The molecule has 1 fully saturated rings. The minimum absolute atomic E-state index is 0.0310. The Bertz CT molecular complexity index is 861. The average molecular weight is 354 g/mol. The molecule has 3 rings (SSSR count). The number of hydrogen-bond acceptors (Lipinski definition) is 5. The maximum absolute atomic E-state index is 13.8. The van der Waals surface area contributed by atoms with Gasteiger partial charge in [-0.1, -0.05) is 12.1 Å². The molecule has 5 nitrogen and oxygen atoms in total. The van der Waals surface area contributed by atoms with Gasteiger partial charge in [-0.15, -0.1) is 11.3 Å². The predicted octanol–water partition coefficient (Wildman–Crippen LogP) is 2.17. The van der Waals surface area contributed by atoms with Crippen molar-refractivity contribution in [2.24, 2.45) is 0 Å². The van der Waals surface area contributed by atoms with E-state index >= 15 is 0 Å². The Kier molecular flexibility index (Phi) is 4.20. The molecule has 1 amide bonds. The molecule has 1 unspecified atom stereocenters. The molecule has 0 aliphatic carbocycles. The monoisotopic (exact) mass is 354 g/mol. The summed E-state index contributed by atoms with van der Waals surface area (Å²) < 4.78 is 36.7. The van der Waals surface area contributed by atoms with E-state index in [0.717, 1.165) is 11.3 Å². The van der Waals surface area contributed by atoms with E-state index in [0.29, 0.717) is 27.6 Å². The lowest BCUT2D eigenvalue weighted by Crippen LogP contribution is -2.35. The molecule has 1 aliphatic rings. The number of nitrogens with one attached hydrogen (secondary N) is 1. The lowest BCUT2D eigenvalue weighted by atomic mass is 10.2. The number of thiazole rings is 1. The molecule has 0 bridgehead atoms. The van der Waals surface area contributed by atoms with Crippen molar-refractivity contribution in [1.29, 1.82) is 0 Å². The first-order valence-corrected chi connectivity index (χ1v) is 9.73. The van der Waals surface area contributed by atoms with Crippen LogP contribution in [-0.2, 0) is 9.84 Å². The van der Waals surface area contributed by atoms with E-state index < -0.39 is 15.7 Å². The van der Waals surface area contributed by atoms with Crippen molar-refractivity contribution in [2.75, 3.05) is 11.5 Å². The number of nitrogens with zero attached hydrogens (tertiary/aromatic N) is 1. The van der Waals surface area contributed by atoms with Gasteiger partial charge in [-0.25, -0.2) is 17.8 Å². The van der Waals surface area contributed by atoms with Crippen LogP contribution in [0.25, 0.3) is 10.6 Å². The number of carbonyl (C=O) groups is 1. The Morgan fingerprint density at radius 3 is 2.78 bits per heavy atom. The van der Waals surface area contributed by atoms with Crippen molar-refractivity contribution in [3.05, 3.63) is 40.7 Å². The fraction of sp³-hybridized carbons (Fsp3) is 0.333. The fourth-order valence-electron chi connectivity index (χ4n) is 2.52. The fourth-order valence-corrected chi connectivity index (χ4v) is 5.19. The largest absolute Gasteiger partial charge is 0.347 e. The molecule has 0 radical (unpaired) electrons. The lowest BCUT2D eigenvalue weighted by molar-refractivity contribution is 0.0944. The van der Waals surface area contributed by atoms with Crippen molar-refractivity contribution in [2.45, 2.75) is 19.4 Å². The molecule has 2 heterocycles. The topological polar surface area (TPSA) is 76.1 Å². The van der Waals surface area contributed by atoms with Crippen LogP contribution in [0.4, 0.5) is 4.39 Å². The van der Waals surface area contributed by atoms with Crippen LogP contribution in [-0.4, -0.2) is 36.9 Å². The van der Waals surface area contributed by atoms with Gasteiger partial charge in [-0.05, 0) is 25.5 Å². The SMILES string of the molecule is Cc1nc(-c2ccccc2F)sc1C(=O)NC1CCS(=O)(=O)C1. The minimum Gasteiger partial charge on any atom is -0.347 e. The Morgan fingerprint density at radius 1 is 1.39 bits per heavy atom. The summed E-state index contributed by atoms with van der Waals surface area (Å²) in [5, 5.41) is 3.16. The second-order valence-corrected chi connectivity index (χ2v) is 8.71. The third-order valence-electron chi connectivity index (χ3n) is 3.67. The zero-order valence-corrected chi connectivity index (χ0v) is 14.0. The molecule has 1 aromatic heterocycles. The zero-order chi connectivity index (χ0) is 16.6. The summed E-state index contributed by atoms with van der Waals surface area (Å²) in [4.78, 5) is 17.0. The molecule has 122 valence electrons. The number of aryl methyl sites for hydroxylation is 1. The van der Waals surface area contributed by atoms with Gasteiger partial charge in [-0.3, -0.25) is 4.79 Å². The highest BCUT2D eigenvalue weighted by molar-refractivity contribution is 7.91. The van der Waals surface area contributed by atoms with Crippen LogP contribution in [0.1, 0.15) is 21.8 Å². The van der Waals surface area contributed by atoms with E-state index in [1.54, 1.807) is 25.1 Å². The van der Waals surface area contributed by atoms with Gasteiger partial charge >= 0.3 is 0 Å². The van der Waals surface area contributed by atoms with Crippen LogP contribution >= 0.6 is 11.3 Å². The number of aromatic nitrogens is 1. The molecule has 0 spiro atoms. The molecule has 1 aliphatic heterocycles. The van der Waals surface area contributed by atoms with Crippen molar-refractivity contribution in [1.82, 2.24) is 10.3 Å². The van der Waals surface area contributed by atoms with Gasteiger partial charge in [-0.2, -0.15) is 0 Å². The Balaban J connectivity index is 1.81. The van der Waals surface area contributed by atoms with Gasteiger partial charge in [0.1, 0.15) is 15.7 Å². The number of sulfone groups is 1. The number of carbonyl (C=O) groups excluding carboxylic acids is 1. The summed E-state index contributed by atoms with van der Waals surface area (Å²) in [6.07, 6.45) is 0.423. The van der Waals surface area contributed by atoms with E-state index in [9.17, 15) is 17.6 Å². The highest BCUT2D eigenvalue weighted by atomic mass is 32.2. The summed E-state index contributed by atoms with van der Waals surface area (Å²) in [6, 6.07) is 5.88. The van der Waals surface area contributed by atoms with Gasteiger partial charge in [0, 0.05) is 11.6 Å². The molecule has 1 N–H and O–H groups in total. The molecule has 23 heavy (non-hydrogen) atoms. The smallest absolute Gasteiger partial charge is 0.263 e. The van der Waals surface area contributed by atoms with Crippen molar-refractivity contribution in [3.63, 3.8) is 0 Å². The summed E-state index contributed by atoms with van der Waals surface area (Å²) in [5.74, 6) is -0.684. The highest BCUT2D eigenvalue weighted by Gasteiger charge is 2.30. The number of amides is 1. The maximum Gasteiger partial charge on any atom is 0.263 e. The van der Waals surface area contributed by atoms with E-state index in [4.69, 9.17) is 0 Å². The number of benzene rings is 1. The zero-order valence-electron chi connectivity index (χ0n) is 12.4. The molecular weight excluding hydrogens is 339 g/mol. The highest BCUT2D eigenvalue weighted by Crippen LogP contribution is 2.29. The van der Waals surface area contributed by atoms with Crippen LogP contribution in [0, 0.1) is 12.7 Å². The number of hydrogen-bond donors (Lipinski definition) is 1. The molecule has 8 heteroatoms. The first-order chi connectivity index (χ1) is 10.9. The van der Waals surface area contributed by atoms with Gasteiger partial charge in [0.05, 0.1) is 17.2 Å². The molecule has 1 atom stereocenters. The molecule has 0 saturated carbocycles. The standard InChI is InChI=1S/C15H15FN2O3S2/c1-9-13(14(19)18-10-6-7-23(20,21)8-10)22-15(17-9)11-4-2-3-5-12(11)16/h2-5,10H,6-8H2,1H3,(H,18,19). The molecule has 2 aromatic rings. The summed E-state index contributed by atoms with van der Waals surface area (Å²) >= 11 is 1.11. The minimum atomic E-state index is -3.05. The van der Waals surface area contributed by atoms with Crippen LogP contribution in [0.2, 0.25) is 0 Å². The van der Waals surface area contributed by atoms with Crippen LogP contribution in [0.3, 0.4) is 0 Å².